The van der Waals surface area contributed by atoms with Gasteiger partial charge in [-0.25, -0.2) is 12.8 Å². The number of nitrogens with one attached hydrogen (secondary N) is 2. The Morgan fingerprint density at radius 3 is 2.74 bits per heavy atom. The van der Waals surface area contributed by atoms with Crippen molar-refractivity contribution in [3.8, 4) is 6.07 Å². The molecule has 1 aromatic heterocycles. The van der Waals surface area contributed by atoms with Crippen LogP contribution in [0.4, 0.5) is 15.8 Å². The van der Waals surface area contributed by atoms with E-state index in [2.05, 4.69) is 9.71 Å². The molecule has 6 nitrogen and oxygen atoms in total. The highest BCUT2D eigenvalue weighted by atomic mass is 32.2. The second kappa shape index (κ2) is 5.30. The highest BCUT2D eigenvalue weighted by Crippen LogP contribution is 2.28. The number of rotatable bonds is 3. The molecule has 0 saturated heterocycles. The molecule has 0 atom stereocenters. The molecule has 2 aromatic carbocycles. The summed E-state index contributed by atoms with van der Waals surface area (Å²) in [6.07, 6.45) is 1.30. The van der Waals surface area contributed by atoms with Crippen molar-refractivity contribution in [2.24, 2.45) is 0 Å². The quantitative estimate of drug-likeness (QED) is 0.641. The Morgan fingerprint density at radius 1 is 1.26 bits per heavy atom. The topological polar surface area (TPSA) is 112 Å². The normalized spacial score (nSPS) is 11.3. The van der Waals surface area contributed by atoms with Gasteiger partial charge in [-0.15, -0.1) is 0 Å². The van der Waals surface area contributed by atoms with Gasteiger partial charge in [0.25, 0.3) is 10.0 Å². The summed E-state index contributed by atoms with van der Waals surface area (Å²) in [5, 5.41) is 9.12. The molecule has 0 aliphatic rings. The Labute approximate surface area is 131 Å². The van der Waals surface area contributed by atoms with Gasteiger partial charge in [0.2, 0.25) is 0 Å². The summed E-state index contributed by atoms with van der Waals surface area (Å²) in [7, 11) is -4.02. The molecule has 23 heavy (non-hydrogen) atoms. The number of hydrogen-bond acceptors (Lipinski definition) is 4. The number of halogens is 1. The summed E-state index contributed by atoms with van der Waals surface area (Å²) < 4.78 is 41.0. The Hall–Kier alpha value is -3.05. The fourth-order valence-electron chi connectivity index (χ4n) is 2.24. The summed E-state index contributed by atoms with van der Waals surface area (Å²) in [6, 6.07) is 10.2. The summed E-state index contributed by atoms with van der Waals surface area (Å²) in [6.45, 7) is 0. The van der Waals surface area contributed by atoms with Crippen LogP contribution in [0.5, 0.6) is 0 Å². The number of nitriles is 1. The fourth-order valence-corrected chi connectivity index (χ4v) is 3.48. The number of nitrogens with zero attached hydrogens (tertiary/aromatic N) is 1. The van der Waals surface area contributed by atoms with Crippen molar-refractivity contribution in [1.82, 2.24) is 4.98 Å². The third kappa shape index (κ3) is 2.58. The van der Waals surface area contributed by atoms with Gasteiger partial charge >= 0.3 is 0 Å². The molecule has 0 aliphatic heterocycles. The van der Waals surface area contributed by atoms with E-state index in [1.807, 2.05) is 0 Å². The van der Waals surface area contributed by atoms with Crippen LogP contribution in [0.2, 0.25) is 0 Å². The fraction of sp³-hybridized carbons (Fsp3) is 0. The first kappa shape index (κ1) is 14.9. The molecular formula is C15H11FN4O2S. The number of aromatic nitrogens is 1. The molecule has 3 rings (SSSR count). The number of H-pyrrole nitrogens is 1. The van der Waals surface area contributed by atoms with Crippen LogP contribution in [-0.4, -0.2) is 13.4 Å². The lowest BCUT2D eigenvalue weighted by atomic mass is 10.2. The number of sulfonamides is 1. The van der Waals surface area contributed by atoms with Gasteiger partial charge in [-0.3, -0.25) is 4.72 Å². The number of fused-ring (bicyclic) bond motifs is 1. The predicted molar refractivity (Wildman–Crippen MR) is 84.6 cm³/mol. The number of nitrogens with two attached hydrogens (primary N) is 1. The van der Waals surface area contributed by atoms with E-state index in [-0.39, 0.29) is 16.1 Å². The Bertz CT molecular complexity index is 1050. The molecule has 8 heteroatoms. The average Bonchev–Trinajstić information content (AvgIpc) is 2.95. The van der Waals surface area contributed by atoms with Gasteiger partial charge in [0.15, 0.2) is 0 Å². The zero-order valence-electron chi connectivity index (χ0n) is 11.7. The number of para-hydroxylation sites is 1. The zero-order valence-corrected chi connectivity index (χ0v) is 12.5. The third-order valence-corrected chi connectivity index (χ3v) is 4.75. The minimum Gasteiger partial charge on any atom is -0.397 e. The molecule has 0 unspecified atom stereocenters. The molecule has 116 valence electrons. The van der Waals surface area contributed by atoms with Gasteiger partial charge in [-0.1, -0.05) is 12.1 Å². The molecule has 0 fully saturated rings. The Balaban J connectivity index is 2.05. The maximum absolute atomic E-state index is 13.9. The molecule has 0 spiro atoms. The van der Waals surface area contributed by atoms with Gasteiger partial charge in [0, 0.05) is 11.6 Å². The second-order valence-corrected chi connectivity index (χ2v) is 6.49. The first-order valence-electron chi connectivity index (χ1n) is 6.50. The zero-order chi connectivity index (χ0) is 16.6. The number of hydrogen-bond donors (Lipinski definition) is 3. The van der Waals surface area contributed by atoms with E-state index in [9.17, 15) is 12.8 Å². The van der Waals surface area contributed by atoms with Crippen LogP contribution >= 0.6 is 0 Å². The first-order valence-corrected chi connectivity index (χ1v) is 7.99. The van der Waals surface area contributed by atoms with Crippen molar-refractivity contribution in [2.75, 3.05) is 10.5 Å². The molecular weight excluding hydrogens is 319 g/mol. The van der Waals surface area contributed by atoms with E-state index < -0.39 is 15.8 Å². The molecule has 4 N–H and O–H groups in total. The summed E-state index contributed by atoms with van der Waals surface area (Å²) in [5.74, 6) is -0.827. The second-order valence-electron chi connectivity index (χ2n) is 4.83. The summed E-state index contributed by atoms with van der Waals surface area (Å²) in [4.78, 5) is 2.76. The molecule has 0 saturated carbocycles. The smallest absolute Gasteiger partial charge is 0.264 e. The highest BCUT2D eigenvalue weighted by molar-refractivity contribution is 7.93. The van der Waals surface area contributed by atoms with Crippen LogP contribution in [-0.2, 0) is 10.0 Å². The Kier molecular flexibility index (Phi) is 3.42. The van der Waals surface area contributed by atoms with Gasteiger partial charge in [0.05, 0.1) is 28.5 Å². The SMILES string of the molecule is N#Cc1ccc(NS(=O)(=O)c2c[nH]c3c(N)cccc23)c(F)c1. The summed E-state index contributed by atoms with van der Waals surface area (Å²) >= 11 is 0. The van der Waals surface area contributed by atoms with Crippen LogP contribution in [0, 0.1) is 17.1 Å². The Morgan fingerprint density at radius 2 is 2.04 bits per heavy atom. The van der Waals surface area contributed by atoms with Crippen molar-refractivity contribution < 1.29 is 12.8 Å². The summed E-state index contributed by atoms with van der Waals surface area (Å²) in [5.41, 5.74) is 6.56. The van der Waals surface area contributed by atoms with Crippen LogP contribution in [0.1, 0.15) is 5.56 Å². The van der Waals surface area contributed by atoms with Crippen molar-refractivity contribution in [3.63, 3.8) is 0 Å². The van der Waals surface area contributed by atoms with Gasteiger partial charge in [-0.2, -0.15) is 5.26 Å². The molecule has 3 aromatic rings. The maximum atomic E-state index is 13.9. The predicted octanol–water partition coefficient (Wildman–Crippen LogP) is 2.56. The number of nitrogen functional groups attached to an aromatic ring is 1. The lowest BCUT2D eigenvalue weighted by molar-refractivity contribution is 0.599. The minimum absolute atomic E-state index is 0.0384. The van der Waals surface area contributed by atoms with E-state index in [0.29, 0.717) is 16.6 Å². The number of anilines is 2. The van der Waals surface area contributed by atoms with E-state index in [4.69, 9.17) is 11.0 Å². The van der Waals surface area contributed by atoms with Crippen LogP contribution in [0.15, 0.2) is 47.5 Å². The highest BCUT2D eigenvalue weighted by Gasteiger charge is 2.21. The van der Waals surface area contributed by atoms with Crippen molar-refractivity contribution in [3.05, 3.63) is 54.0 Å². The minimum atomic E-state index is -4.02. The molecule has 0 aliphatic carbocycles. The van der Waals surface area contributed by atoms with Crippen molar-refractivity contribution in [2.45, 2.75) is 4.90 Å². The van der Waals surface area contributed by atoms with Gasteiger partial charge < -0.3 is 10.7 Å². The lowest BCUT2D eigenvalue weighted by Gasteiger charge is -2.08. The largest absolute Gasteiger partial charge is 0.397 e. The van der Waals surface area contributed by atoms with E-state index in [0.717, 1.165) is 6.07 Å². The van der Waals surface area contributed by atoms with E-state index in [1.54, 1.807) is 24.3 Å². The van der Waals surface area contributed by atoms with Crippen molar-refractivity contribution in [1.29, 1.82) is 5.26 Å². The van der Waals surface area contributed by atoms with Crippen molar-refractivity contribution >= 4 is 32.3 Å². The van der Waals surface area contributed by atoms with E-state index >= 15 is 0 Å². The molecule has 0 radical (unpaired) electrons. The average molecular weight is 330 g/mol. The lowest BCUT2D eigenvalue weighted by Crippen LogP contribution is -2.13. The van der Waals surface area contributed by atoms with Crippen LogP contribution < -0.4 is 10.5 Å². The first-order chi connectivity index (χ1) is 10.9. The van der Waals surface area contributed by atoms with Gasteiger partial charge in [-0.05, 0) is 24.3 Å². The van der Waals surface area contributed by atoms with Crippen LogP contribution in [0.25, 0.3) is 10.9 Å². The molecule has 0 bridgehead atoms. The molecule has 1 heterocycles. The standard InChI is InChI=1S/C15H11FN4O2S/c16-11-6-9(7-17)4-5-13(11)20-23(21,22)14-8-19-15-10(14)2-1-3-12(15)18/h1-6,8,19-20H,18H2. The third-order valence-electron chi connectivity index (χ3n) is 3.34. The number of benzene rings is 2. The van der Waals surface area contributed by atoms with Crippen LogP contribution in [0.3, 0.4) is 0 Å². The maximum Gasteiger partial charge on any atom is 0.264 e. The van der Waals surface area contributed by atoms with E-state index in [1.165, 1.54) is 18.3 Å². The molecule has 0 amide bonds. The van der Waals surface area contributed by atoms with Gasteiger partial charge in [0.1, 0.15) is 10.7 Å². The monoisotopic (exact) mass is 330 g/mol. The number of aromatic amines is 1.